The number of ether oxygens (including phenoxy) is 3. The molecule has 0 aliphatic carbocycles. The molecule has 34 heavy (non-hydrogen) atoms. The predicted molar refractivity (Wildman–Crippen MR) is 143 cm³/mol. The second-order valence-corrected chi connectivity index (χ2v) is 9.70. The van der Waals surface area contributed by atoms with E-state index in [9.17, 15) is 4.79 Å². The fourth-order valence-electron chi connectivity index (χ4n) is 4.13. The Kier molecular flexibility index (Phi) is 8.29. The Bertz CT molecular complexity index is 1220. The Labute approximate surface area is 216 Å². The molecule has 178 valence electrons. The van der Waals surface area contributed by atoms with Crippen molar-refractivity contribution in [2.24, 2.45) is 0 Å². The van der Waals surface area contributed by atoms with E-state index in [1.165, 1.54) is 21.8 Å². The third-order valence-corrected chi connectivity index (χ3v) is 6.62. The zero-order valence-corrected chi connectivity index (χ0v) is 22.4. The van der Waals surface area contributed by atoms with Crippen LogP contribution < -0.4 is 4.74 Å². The second kappa shape index (κ2) is 11.4. The van der Waals surface area contributed by atoms with Crippen LogP contribution in [-0.2, 0) is 27.2 Å². The minimum Gasteiger partial charge on any atom is -0.492 e. The van der Waals surface area contributed by atoms with Gasteiger partial charge in [-0.2, -0.15) is 0 Å². The predicted octanol–water partition coefficient (Wildman–Crippen LogP) is 6.91. The van der Waals surface area contributed by atoms with Gasteiger partial charge in [-0.05, 0) is 67.9 Å². The van der Waals surface area contributed by atoms with Crippen LogP contribution in [0.3, 0.4) is 0 Å². The number of nitrogens with zero attached hydrogens (tertiary/aromatic N) is 1. The van der Waals surface area contributed by atoms with Crippen molar-refractivity contribution in [3.05, 3.63) is 75.2 Å². The normalized spacial score (nSPS) is 12.2. The SMILES string of the molecule is CCOC(=O)C(Cc1ccc(OCCn2c3ccc(Br)cc3c3cc(Br)ccc32)cc1)OCC. The molecule has 4 aromatic rings. The summed E-state index contributed by atoms with van der Waals surface area (Å²) in [6.07, 6.45) is -0.119. The number of carbonyl (C=O) groups is 1. The molecule has 5 nitrogen and oxygen atoms in total. The van der Waals surface area contributed by atoms with Crippen molar-refractivity contribution in [2.45, 2.75) is 32.9 Å². The summed E-state index contributed by atoms with van der Waals surface area (Å²) >= 11 is 7.19. The third-order valence-electron chi connectivity index (χ3n) is 5.63. The molecule has 7 heteroatoms. The number of rotatable bonds is 10. The highest BCUT2D eigenvalue weighted by Gasteiger charge is 2.20. The van der Waals surface area contributed by atoms with Gasteiger partial charge in [0.1, 0.15) is 12.4 Å². The molecular formula is C27H27Br2NO4. The molecule has 0 bridgehead atoms. The van der Waals surface area contributed by atoms with Gasteiger partial charge < -0.3 is 18.8 Å². The maximum Gasteiger partial charge on any atom is 0.335 e. The molecule has 1 unspecified atom stereocenters. The molecule has 0 spiro atoms. The van der Waals surface area contributed by atoms with Gasteiger partial charge in [0.25, 0.3) is 0 Å². The first-order valence-electron chi connectivity index (χ1n) is 11.4. The Morgan fingerprint density at radius 3 is 2.06 bits per heavy atom. The molecule has 0 amide bonds. The van der Waals surface area contributed by atoms with Crippen LogP contribution in [0.15, 0.2) is 69.6 Å². The summed E-state index contributed by atoms with van der Waals surface area (Å²) in [5, 5.41) is 2.42. The van der Waals surface area contributed by atoms with Crippen LogP contribution >= 0.6 is 31.9 Å². The number of hydrogen-bond donors (Lipinski definition) is 0. The van der Waals surface area contributed by atoms with Gasteiger partial charge >= 0.3 is 5.97 Å². The summed E-state index contributed by atoms with van der Waals surface area (Å²) < 4.78 is 21.2. The lowest BCUT2D eigenvalue weighted by molar-refractivity contribution is -0.156. The van der Waals surface area contributed by atoms with Gasteiger partial charge in [0.05, 0.1) is 13.2 Å². The van der Waals surface area contributed by atoms with Crippen molar-refractivity contribution >= 4 is 59.6 Å². The highest BCUT2D eigenvalue weighted by Crippen LogP contribution is 2.33. The Morgan fingerprint density at radius 1 is 0.882 bits per heavy atom. The molecule has 0 saturated heterocycles. The van der Waals surface area contributed by atoms with Crippen molar-refractivity contribution in [3.8, 4) is 5.75 Å². The monoisotopic (exact) mass is 587 g/mol. The largest absolute Gasteiger partial charge is 0.492 e. The Hall–Kier alpha value is -2.35. The highest BCUT2D eigenvalue weighted by molar-refractivity contribution is 9.10. The van der Waals surface area contributed by atoms with Crippen LogP contribution in [0.25, 0.3) is 21.8 Å². The number of hydrogen-bond acceptors (Lipinski definition) is 4. The van der Waals surface area contributed by atoms with E-state index in [0.717, 1.165) is 26.8 Å². The van der Waals surface area contributed by atoms with Crippen LogP contribution in [0.4, 0.5) is 0 Å². The van der Waals surface area contributed by atoms with Crippen molar-refractivity contribution in [1.82, 2.24) is 4.57 Å². The standard InChI is InChI=1S/C27H27Br2NO4/c1-3-32-26(27(31)33-4-2)15-18-5-9-21(10-6-18)34-14-13-30-24-11-7-19(28)16-22(24)23-17-20(29)8-12-25(23)30/h5-12,16-17,26H,3-4,13-15H2,1-2H3. The van der Waals surface area contributed by atoms with Crippen molar-refractivity contribution in [1.29, 1.82) is 0 Å². The summed E-state index contributed by atoms with van der Waals surface area (Å²) in [5.41, 5.74) is 3.35. The molecular weight excluding hydrogens is 562 g/mol. The summed E-state index contributed by atoms with van der Waals surface area (Å²) in [7, 11) is 0. The van der Waals surface area contributed by atoms with E-state index in [4.69, 9.17) is 14.2 Å². The van der Waals surface area contributed by atoms with Gasteiger partial charge in [-0.1, -0.05) is 44.0 Å². The van der Waals surface area contributed by atoms with E-state index in [1.807, 2.05) is 31.2 Å². The summed E-state index contributed by atoms with van der Waals surface area (Å²) in [6, 6.07) is 20.5. The first-order chi connectivity index (χ1) is 16.5. The van der Waals surface area contributed by atoms with Gasteiger partial charge in [0, 0.05) is 43.8 Å². The fraction of sp³-hybridized carbons (Fsp3) is 0.296. The van der Waals surface area contributed by atoms with Crippen LogP contribution in [0.5, 0.6) is 5.75 Å². The number of esters is 1. The highest BCUT2D eigenvalue weighted by atomic mass is 79.9. The van der Waals surface area contributed by atoms with Crippen LogP contribution in [0, 0.1) is 0 Å². The van der Waals surface area contributed by atoms with Crippen molar-refractivity contribution in [2.75, 3.05) is 19.8 Å². The molecule has 0 aliphatic heterocycles. The van der Waals surface area contributed by atoms with Gasteiger partial charge in [-0.3, -0.25) is 0 Å². The van der Waals surface area contributed by atoms with E-state index in [-0.39, 0.29) is 5.97 Å². The number of fused-ring (bicyclic) bond motifs is 3. The quantitative estimate of drug-likeness (QED) is 0.189. The van der Waals surface area contributed by atoms with E-state index >= 15 is 0 Å². The molecule has 0 radical (unpaired) electrons. The molecule has 1 atom stereocenters. The lowest BCUT2D eigenvalue weighted by Crippen LogP contribution is -2.28. The first kappa shape index (κ1) is 24.8. The second-order valence-electron chi connectivity index (χ2n) is 7.87. The molecule has 3 aromatic carbocycles. The van der Waals surface area contributed by atoms with Crippen LogP contribution in [-0.4, -0.2) is 36.5 Å². The number of halogens is 2. The topological polar surface area (TPSA) is 49.7 Å². The molecule has 0 fully saturated rings. The summed E-state index contributed by atoms with van der Waals surface area (Å²) in [4.78, 5) is 12.1. The average molecular weight is 589 g/mol. The molecule has 0 N–H and O–H groups in total. The lowest BCUT2D eigenvalue weighted by Gasteiger charge is -2.16. The zero-order chi connectivity index (χ0) is 24.1. The lowest BCUT2D eigenvalue weighted by atomic mass is 10.1. The first-order valence-corrected chi connectivity index (χ1v) is 13.0. The van der Waals surface area contributed by atoms with Crippen LogP contribution in [0.1, 0.15) is 19.4 Å². The molecule has 0 aliphatic rings. The van der Waals surface area contributed by atoms with Gasteiger partial charge in [-0.25, -0.2) is 4.79 Å². The van der Waals surface area contributed by atoms with E-state index in [2.05, 4.69) is 72.8 Å². The average Bonchev–Trinajstić information content (AvgIpc) is 3.12. The maximum atomic E-state index is 12.1. The minimum absolute atomic E-state index is 0.324. The third kappa shape index (κ3) is 5.65. The summed E-state index contributed by atoms with van der Waals surface area (Å²) in [5.74, 6) is 0.467. The molecule has 1 aromatic heterocycles. The number of carbonyl (C=O) groups excluding carboxylic acids is 1. The molecule has 1 heterocycles. The summed E-state index contributed by atoms with van der Waals surface area (Å²) in [6.45, 7) is 5.73. The fourth-order valence-corrected chi connectivity index (χ4v) is 4.85. The molecule has 4 rings (SSSR count). The van der Waals surface area contributed by atoms with E-state index < -0.39 is 6.10 Å². The Balaban J connectivity index is 1.44. The Morgan fingerprint density at radius 2 is 1.50 bits per heavy atom. The van der Waals surface area contributed by atoms with E-state index in [1.54, 1.807) is 6.92 Å². The number of aromatic nitrogens is 1. The smallest absolute Gasteiger partial charge is 0.335 e. The van der Waals surface area contributed by atoms with E-state index in [0.29, 0.717) is 26.2 Å². The molecule has 0 saturated carbocycles. The maximum absolute atomic E-state index is 12.1. The zero-order valence-electron chi connectivity index (χ0n) is 19.2. The van der Waals surface area contributed by atoms with Gasteiger partial charge in [0.2, 0.25) is 0 Å². The minimum atomic E-state index is -0.591. The van der Waals surface area contributed by atoms with Crippen molar-refractivity contribution < 1.29 is 19.0 Å². The number of benzene rings is 3. The van der Waals surface area contributed by atoms with Gasteiger partial charge in [0.15, 0.2) is 6.10 Å². The van der Waals surface area contributed by atoms with Gasteiger partial charge in [-0.15, -0.1) is 0 Å². The van der Waals surface area contributed by atoms with Crippen LogP contribution in [0.2, 0.25) is 0 Å². The van der Waals surface area contributed by atoms with Crippen molar-refractivity contribution in [3.63, 3.8) is 0 Å².